The maximum atomic E-state index is 11.9. The molecule has 1 N–H and O–H groups in total. The highest BCUT2D eigenvalue weighted by atomic mass is 16.5. The first-order chi connectivity index (χ1) is 11.1. The molecule has 0 aromatic heterocycles. The summed E-state index contributed by atoms with van der Waals surface area (Å²) in [6.45, 7) is 1.66. The van der Waals surface area contributed by atoms with E-state index in [1.165, 1.54) is 17.5 Å². The van der Waals surface area contributed by atoms with Gasteiger partial charge in [-0.05, 0) is 61.6 Å². The standard InChI is InChI=1S/C19H19NO3/c1-13-5-7-15(8-6-13)19(22)23-12-18(21)20-17-10-9-14-3-2-4-16(14)11-17/h5-11H,2-4,12H2,1H3,(H,20,21). The van der Waals surface area contributed by atoms with Crippen molar-refractivity contribution in [2.45, 2.75) is 26.2 Å². The Labute approximate surface area is 135 Å². The van der Waals surface area contributed by atoms with Gasteiger partial charge in [0.1, 0.15) is 0 Å². The smallest absolute Gasteiger partial charge is 0.338 e. The molecule has 0 bridgehead atoms. The number of rotatable bonds is 4. The molecule has 2 aromatic carbocycles. The number of nitrogens with one attached hydrogen (secondary N) is 1. The van der Waals surface area contributed by atoms with E-state index in [0.29, 0.717) is 5.56 Å². The Morgan fingerprint density at radius 2 is 1.78 bits per heavy atom. The lowest BCUT2D eigenvalue weighted by Crippen LogP contribution is -2.21. The first kappa shape index (κ1) is 15.3. The molecule has 0 atom stereocenters. The summed E-state index contributed by atoms with van der Waals surface area (Å²) in [7, 11) is 0. The van der Waals surface area contributed by atoms with Gasteiger partial charge in [0.15, 0.2) is 6.61 Å². The van der Waals surface area contributed by atoms with E-state index in [1.54, 1.807) is 12.1 Å². The number of hydrogen-bond donors (Lipinski definition) is 1. The molecular weight excluding hydrogens is 290 g/mol. The second kappa shape index (κ2) is 6.65. The van der Waals surface area contributed by atoms with Crippen molar-refractivity contribution in [1.82, 2.24) is 0 Å². The predicted molar refractivity (Wildman–Crippen MR) is 88.6 cm³/mol. The van der Waals surface area contributed by atoms with Crippen molar-refractivity contribution in [1.29, 1.82) is 0 Å². The third kappa shape index (κ3) is 3.77. The van der Waals surface area contributed by atoms with Crippen LogP contribution < -0.4 is 5.32 Å². The molecule has 0 saturated carbocycles. The summed E-state index contributed by atoms with van der Waals surface area (Å²) < 4.78 is 5.04. The van der Waals surface area contributed by atoms with E-state index in [1.807, 2.05) is 31.2 Å². The van der Waals surface area contributed by atoms with Gasteiger partial charge >= 0.3 is 5.97 Å². The zero-order chi connectivity index (χ0) is 16.2. The molecule has 4 heteroatoms. The molecule has 118 valence electrons. The van der Waals surface area contributed by atoms with Crippen molar-refractivity contribution in [3.05, 3.63) is 64.7 Å². The SMILES string of the molecule is Cc1ccc(C(=O)OCC(=O)Nc2ccc3c(c2)CCC3)cc1. The average Bonchev–Trinajstić information content (AvgIpc) is 3.01. The molecule has 1 amide bonds. The number of hydrogen-bond acceptors (Lipinski definition) is 3. The van der Waals surface area contributed by atoms with Crippen LogP contribution in [0.3, 0.4) is 0 Å². The van der Waals surface area contributed by atoms with Crippen molar-refractivity contribution < 1.29 is 14.3 Å². The number of carbonyl (C=O) groups excluding carboxylic acids is 2. The minimum atomic E-state index is -0.492. The number of amides is 1. The van der Waals surface area contributed by atoms with E-state index in [-0.39, 0.29) is 12.5 Å². The van der Waals surface area contributed by atoms with Crippen LogP contribution in [0, 0.1) is 6.92 Å². The molecular formula is C19H19NO3. The molecule has 1 aliphatic rings. The molecule has 0 aliphatic heterocycles. The normalized spacial score (nSPS) is 12.6. The Hall–Kier alpha value is -2.62. The van der Waals surface area contributed by atoms with E-state index in [0.717, 1.165) is 24.1 Å². The molecule has 0 radical (unpaired) electrons. The fourth-order valence-electron chi connectivity index (χ4n) is 2.75. The van der Waals surface area contributed by atoms with Crippen LogP contribution in [0.4, 0.5) is 5.69 Å². The third-order valence-corrected chi connectivity index (χ3v) is 4.00. The highest BCUT2D eigenvalue weighted by Gasteiger charge is 2.13. The van der Waals surface area contributed by atoms with Crippen LogP contribution in [0.15, 0.2) is 42.5 Å². The predicted octanol–water partition coefficient (Wildman–Crippen LogP) is 3.28. The number of benzene rings is 2. The summed E-state index contributed by atoms with van der Waals surface area (Å²) in [5.41, 5.74) is 4.91. The Kier molecular flexibility index (Phi) is 4.42. The Morgan fingerprint density at radius 3 is 2.57 bits per heavy atom. The Morgan fingerprint density at radius 1 is 1.04 bits per heavy atom. The van der Waals surface area contributed by atoms with E-state index >= 15 is 0 Å². The van der Waals surface area contributed by atoms with Crippen molar-refractivity contribution in [3.8, 4) is 0 Å². The first-order valence-corrected chi connectivity index (χ1v) is 7.77. The van der Waals surface area contributed by atoms with Crippen molar-refractivity contribution in [2.75, 3.05) is 11.9 Å². The van der Waals surface area contributed by atoms with E-state index in [4.69, 9.17) is 4.74 Å². The average molecular weight is 309 g/mol. The molecule has 0 heterocycles. The molecule has 3 rings (SSSR count). The largest absolute Gasteiger partial charge is 0.452 e. The van der Waals surface area contributed by atoms with Crippen molar-refractivity contribution >= 4 is 17.6 Å². The Balaban J connectivity index is 1.53. The van der Waals surface area contributed by atoms with E-state index in [9.17, 15) is 9.59 Å². The molecule has 0 unspecified atom stereocenters. The highest BCUT2D eigenvalue weighted by Crippen LogP contribution is 2.24. The van der Waals surface area contributed by atoms with Gasteiger partial charge in [0.2, 0.25) is 0 Å². The minimum Gasteiger partial charge on any atom is -0.452 e. The maximum Gasteiger partial charge on any atom is 0.338 e. The van der Waals surface area contributed by atoms with Gasteiger partial charge in [0.25, 0.3) is 5.91 Å². The molecule has 0 fully saturated rings. The summed E-state index contributed by atoms with van der Waals surface area (Å²) in [5, 5.41) is 2.77. The Bertz CT molecular complexity index is 735. The third-order valence-electron chi connectivity index (χ3n) is 4.00. The summed E-state index contributed by atoms with van der Waals surface area (Å²) in [6.07, 6.45) is 3.33. The van der Waals surface area contributed by atoms with Crippen LogP contribution in [0.5, 0.6) is 0 Å². The minimum absolute atomic E-state index is 0.288. The summed E-state index contributed by atoms with van der Waals surface area (Å²) >= 11 is 0. The van der Waals surface area contributed by atoms with Gasteiger partial charge in [-0.25, -0.2) is 4.79 Å². The van der Waals surface area contributed by atoms with Gasteiger partial charge in [0, 0.05) is 5.69 Å². The number of aryl methyl sites for hydroxylation is 3. The van der Waals surface area contributed by atoms with Crippen LogP contribution >= 0.6 is 0 Å². The molecule has 0 saturated heterocycles. The van der Waals surface area contributed by atoms with Gasteiger partial charge < -0.3 is 10.1 Å². The van der Waals surface area contributed by atoms with Gasteiger partial charge in [0.05, 0.1) is 5.56 Å². The van der Waals surface area contributed by atoms with Gasteiger partial charge in [-0.15, -0.1) is 0 Å². The molecule has 2 aromatic rings. The monoisotopic (exact) mass is 309 g/mol. The summed E-state index contributed by atoms with van der Waals surface area (Å²) in [6, 6.07) is 13.0. The fraction of sp³-hybridized carbons (Fsp3) is 0.263. The molecule has 0 spiro atoms. The second-order valence-corrected chi connectivity index (χ2v) is 5.83. The van der Waals surface area contributed by atoms with Crippen molar-refractivity contribution in [2.24, 2.45) is 0 Å². The van der Waals surface area contributed by atoms with Crippen LogP contribution in [0.25, 0.3) is 0 Å². The summed E-state index contributed by atoms with van der Waals surface area (Å²) in [5.74, 6) is -0.822. The van der Waals surface area contributed by atoms with Crippen LogP contribution in [-0.2, 0) is 22.4 Å². The van der Waals surface area contributed by atoms with Gasteiger partial charge in [-0.2, -0.15) is 0 Å². The number of anilines is 1. The number of fused-ring (bicyclic) bond motifs is 1. The lowest BCUT2D eigenvalue weighted by atomic mass is 10.1. The zero-order valence-corrected chi connectivity index (χ0v) is 13.1. The zero-order valence-electron chi connectivity index (χ0n) is 13.1. The lowest BCUT2D eigenvalue weighted by molar-refractivity contribution is -0.119. The van der Waals surface area contributed by atoms with E-state index in [2.05, 4.69) is 11.4 Å². The quantitative estimate of drug-likeness (QED) is 0.882. The summed E-state index contributed by atoms with van der Waals surface area (Å²) in [4.78, 5) is 23.8. The lowest BCUT2D eigenvalue weighted by Gasteiger charge is -2.08. The number of carbonyl (C=O) groups is 2. The topological polar surface area (TPSA) is 55.4 Å². The van der Waals surface area contributed by atoms with Crippen LogP contribution in [-0.4, -0.2) is 18.5 Å². The fourth-order valence-corrected chi connectivity index (χ4v) is 2.75. The number of ether oxygens (including phenoxy) is 1. The highest BCUT2D eigenvalue weighted by molar-refractivity contribution is 5.95. The maximum absolute atomic E-state index is 11.9. The first-order valence-electron chi connectivity index (χ1n) is 7.77. The molecule has 1 aliphatic carbocycles. The van der Waals surface area contributed by atoms with E-state index < -0.39 is 5.97 Å². The van der Waals surface area contributed by atoms with Crippen molar-refractivity contribution in [3.63, 3.8) is 0 Å². The molecule has 23 heavy (non-hydrogen) atoms. The number of esters is 1. The van der Waals surface area contributed by atoms with Gasteiger partial charge in [-0.1, -0.05) is 23.8 Å². The van der Waals surface area contributed by atoms with Gasteiger partial charge in [-0.3, -0.25) is 4.79 Å². The van der Waals surface area contributed by atoms with Crippen LogP contribution in [0.2, 0.25) is 0 Å². The molecule has 4 nitrogen and oxygen atoms in total. The second-order valence-electron chi connectivity index (χ2n) is 5.83. The van der Waals surface area contributed by atoms with Crippen LogP contribution in [0.1, 0.15) is 33.5 Å².